The Morgan fingerprint density at radius 3 is 2.67 bits per heavy atom. The number of aryl methyl sites for hydroxylation is 2. The lowest BCUT2D eigenvalue weighted by Crippen LogP contribution is -2.10. The molecule has 0 unspecified atom stereocenters. The van der Waals surface area contributed by atoms with Crippen LogP contribution in [0.15, 0.2) is 24.3 Å². The Bertz CT molecular complexity index is 430. The van der Waals surface area contributed by atoms with Crippen molar-refractivity contribution < 1.29 is 9.53 Å². The molecule has 1 aromatic carbocycles. The van der Waals surface area contributed by atoms with Gasteiger partial charge in [0.1, 0.15) is 0 Å². The molecule has 1 aliphatic rings. The second-order valence-electron chi connectivity index (χ2n) is 3.89. The largest absolute Gasteiger partial charge is 0.462 e. The van der Waals surface area contributed by atoms with Crippen molar-refractivity contribution in [1.29, 1.82) is 0 Å². The molecular weight excluding hydrogens is 188 g/mol. The van der Waals surface area contributed by atoms with Crippen LogP contribution in [0.25, 0.3) is 5.57 Å². The minimum atomic E-state index is -0.227. The van der Waals surface area contributed by atoms with E-state index in [2.05, 4.69) is 32.0 Å². The van der Waals surface area contributed by atoms with Crippen LogP contribution in [0, 0.1) is 13.8 Å². The van der Waals surface area contributed by atoms with Gasteiger partial charge in [-0.25, -0.2) is 4.79 Å². The van der Waals surface area contributed by atoms with Crippen molar-refractivity contribution in [3.8, 4) is 0 Å². The average molecular weight is 202 g/mol. The number of cyclic esters (lactones) is 1. The van der Waals surface area contributed by atoms with E-state index in [0.717, 1.165) is 17.6 Å². The SMILES string of the molecule is Cc1ccc(C2=CC(=O)OCC2)cc1C. The van der Waals surface area contributed by atoms with E-state index in [0.29, 0.717) is 6.61 Å². The highest BCUT2D eigenvalue weighted by Gasteiger charge is 2.12. The molecule has 0 aromatic heterocycles. The first-order chi connectivity index (χ1) is 7.16. The minimum Gasteiger partial charge on any atom is -0.462 e. The second kappa shape index (κ2) is 3.89. The van der Waals surface area contributed by atoms with Crippen LogP contribution in [-0.2, 0) is 9.53 Å². The van der Waals surface area contributed by atoms with Crippen LogP contribution in [0.4, 0.5) is 0 Å². The van der Waals surface area contributed by atoms with Gasteiger partial charge < -0.3 is 4.74 Å². The van der Waals surface area contributed by atoms with Crippen LogP contribution >= 0.6 is 0 Å². The van der Waals surface area contributed by atoms with Gasteiger partial charge in [0.05, 0.1) is 6.61 Å². The van der Waals surface area contributed by atoms with Gasteiger partial charge in [-0.1, -0.05) is 18.2 Å². The van der Waals surface area contributed by atoms with E-state index in [-0.39, 0.29) is 5.97 Å². The van der Waals surface area contributed by atoms with Crippen LogP contribution < -0.4 is 0 Å². The first-order valence-corrected chi connectivity index (χ1v) is 5.12. The van der Waals surface area contributed by atoms with Crippen LogP contribution in [0.3, 0.4) is 0 Å². The van der Waals surface area contributed by atoms with Crippen molar-refractivity contribution in [3.63, 3.8) is 0 Å². The van der Waals surface area contributed by atoms with E-state index >= 15 is 0 Å². The number of carbonyl (C=O) groups is 1. The van der Waals surface area contributed by atoms with Crippen LogP contribution in [0.1, 0.15) is 23.1 Å². The van der Waals surface area contributed by atoms with E-state index in [9.17, 15) is 4.79 Å². The third-order valence-corrected chi connectivity index (χ3v) is 2.79. The van der Waals surface area contributed by atoms with Crippen molar-refractivity contribution in [1.82, 2.24) is 0 Å². The molecule has 2 nitrogen and oxygen atoms in total. The Morgan fingerprint density at radius 1 is 1.20 bits per heavy atom. The predicted molar refractivity (Wildman–Crippen MR) is 59.5 cm³/mol. The van der Waals surface area contributed by atoms with Gasteiger partial charge in [-0.05, 0) is 36.1 Å². The maximum atomic E-state index is 11.1. The van der Waals surface area contributed by atoms with Gasteiger partial charge >= 0.3 is 5.97 Å². The third-order valence-electron chi connectivity index (χ3n) is 2.79. The van der Waals surface area contributed by atoms with Crippen LogP contribution in [0.5, 0.6) is 0 Å². The number of rotatable bonds is 1. The van der Waals surface area contributed by atoms with Crippen molar-refractivity contribution in [2.75, 3.05) is 6.61 Å². The van der Waals surface area contributed by atoms with Crippen molar-refractivity contribution in [2.24, 2.45) is 0 Å². The molecule has 1 aliphatic heterocycles. The van der Waals surface area contributed by atoms with Gasteiger partial charge in [-0.2, -0.15) is 0 Å². The van der Waals surface area contributed by atoms with Crippen LogP contribution in [0.2, 0.25) is 0 Å². The monoisotopic (exact) mass is 202 g/mol. The summed E-state index contributed by atoms with van der Waals surface area (Å²) in [5, 5.41) is 0. The smallest absolute Gasteiger partial charge is 0.331 e. The van der Waals surface area contributed by atoms with Crippen molar-refractivity contribution in [2.45, 2.75) is 20.3 Å². The Labute approximate surface area is 89.6 Å². The maximum absolute atomic E-state index is 11.1. The Morgan fingerprint density at radius 2 is 2.00 bits per heavy atom. The molecule has 2 heteroatoms. The molecule has 1 heterocycles. The fraction of sp³-hybridized carbons (Fsp3) is 0.308. The average Bonchev–Trinajstić information content (AvgIpc) is 2.22. The number of carbonyl (C=O) groups excluding carboxylic acids is 1. The minimum absolute atomic E-state index is 0.227. The van der Waals surface area contributed by atoms with Gasteiger partial charge in [-0.15, -0.1) is 0 Å². The van der Waals surface area contributed by atoms with E-state index in [1.807, 2.05) is 0 Å². The first kappa shape index (κ1) is 9.97. The number of benzene rings is 1. The Kier molecular flexibility index (Phi) is 2.58. The normalized spacial score (nSPS) is 15.9. The molecule has 0 aliphatic carbocycles. The molecule has 1 aromatic rings. The summed E-state index contributed by atoms with van der Waals surface area (Å²) in [6.07, 6.45) is 2.40. The topological polar surface area (TPSA) is 26.3 Å². The molecule has 0 amide bonds. The lowest BCUT2D eigenvalue weighted by Gasteiger charge is -2.14. The highest BCUT2D eigenvalue weighted by atomic mass is 16.5. The van der Waals surface area contributed by atoms with E-state index in [1.54, 1.807) is 6.08 Å². The molecule has 0 radical (unpaired) electrons. The fourth-order valence-corrected chi connectivity index (χ4v) is 1.69. The summed E-state index contributed by atoms with van der Waals surface area (Å²) in [6, 6.07) is 6.28. The summed E-state index contributed by atoms with van der Waals surface area (Å²) in [5.41, 5.74) is 4.74. The zero-order valence-corrected chi connectivity index (χ0v) is 9.04. The molecular formula is C13H14O2. The molecule has 0 fully saturated rings. The molecule has 15 heavy (non-hydrogen) atoms. The summed E-state index contributed by atoms with van der Waals surface area (Å²) < 4.78 is 4.87. The highest BCUT2D eigenvalue weighted by Crippen LogP contribution is 2.23. The molecule has 0 spiro atoms. The number of hydrogen-bond donors (Lipinski definition) is 0. The fourth-order valence-electron chi connectivity index (χ4n) is 1.69. The molecule has 78 valence electrons. The zero-order chi connectivity index (χ0) is 10.8. The van der Waals surface area contributed by atoms with Gasteiger partial charge in [0.15, 0.2) is 0 Å². The summed E-state index contributed by atoms with van der Waals surface area (Å²) >= 11 is 0. The van der Waals surface area contributed by atoms with Crippen molar-refractivity contribution in [3.05, 3.63) is 41.0 Å². The van der Waals surface area contributed by atoms with E-state index in [1.165, 1.54) is 11.1 Å². The van der Waals surface area contributed by atoms with E-state index in [4.69, 9.17) is 4.74 Å². The first-order valence-electron chi connectivity index (χ1n) is 5.12. The maximum Gasteiger partial charge on any atom is 0.331 e. The second-order valence-corrected chi connectivity index (χ2v) is 3.89. The Hall–Kier alpha value is -1.57. The molecule has 0 saturated heterocycles. The van der Waals surface area contributed by atoms with E-state index < -0.39 is 0 Å². The van der Waals surface area contributed by atoms with Crippen LogP contribution in [-0.4, -0.2) is 12.6 Å². The number of esters is 1. The highest BCUT2D eigenvalue weighted by molar-refractivity contribution is 5.92. The zero-order valence-electron chi connectivity index (χ0n) is 9.04. The van der Waals surface area contributed by atoms with Crippen molar-refractivity contribution >= 4 is 11.5 Å². The molecule has 0 bridgehead atoms. The molecule has 0 N–H and O–H groups in total. The van der Waals surface area contributed by atoms with Gasteiger partial charge in [0.25, 0.3) is 0 Å². The summed E-state index contributed by atoms with van der Waals surface area (Å²) in [7, 11) is 0. The summed E-state index contributed by atoms with van der Waals surface area (Å²) in [5.74, 6) is -0.227. The molecule has 0 atom stereocenters. The Balaban J connectivity index is 2.37. The third kappa shape index (κ3) is 2.09. The number of ether oxygens (including phenoxy) is 1. The summed E-state index contributed by atoms with van der Waals surface area (Å²) in [6.45, 7) is 4.67. The molecule has 2 rings (SSSR count). The lowest BCUT2D eigenvalue weighted by molar-refractivity contribution is -0.138. The predicted octanol–water partition coefficient (Wildman–Crippen LogP) is 2.63. The van der Waals surface area contributed by atoms with Gasteiger partial charge in [-0.3, -0.25) is 0 Å². The quantitative estimate of drug-likeness (QED) is 0.654. The lowest BCUT2D eigenvalue weighted by atomic mass is 9.97. The standard InChI is InChI=1S/C13H14O2/c1-9-3-4-11(7-10(9)2)12-5-6-15-13(14)8-12/h3-4,7-8H,5-6H2,1-2H3. The number of hydrogen-bond acceptors (Lipinski definition) is 2. The summed E-state index contributed by atoms with van der Waals surface area (Å²) in [4.78, 5) is 11.1. The van der Waals surface area contributed by atoms with Gasteiger partial charge in [0, 0.05) is 12.5 Å². The molecule has 0 saturated carbocycles. The van der Waals surface area contributed by atoms with Gasteiger partial charge in [0.2, 0.25) is 0 Å².